The fourth-order valence-corrected chi connectivity index (χ4v) is 3.67. The van der Waals surface area contributed by atoms with Crippen LogP contribution in [0.25, 0.3) is 10.8 Å². The predicted molar refractivity (Wildman–Crippen MR) is 113 cm³/mol. The Morgan fingerprint density at radius 2 is 1.64 bits per heavy atom. The molecule has 142 valence electrons. The van der Waals surface area contributed by atoms with Crippen LogP contribution >= 0.6 is 0 Å². The van der Waals surface area contributed by atoms with Crippen molar-refractivity contribution in [2.75, 3.05) is 0 Å². The summed E-state index contributed by atoms with van der Waals surface area (Å²) in [5, 5.41) is 6.67. The largest absolute Gasteiger partial charge is 0.271 e. The standard InChI is InChI=1S/C23H24N4O/c1-15-21(18-9-4-3-5-10-18)25-26-22(15)23(28)27-24-16(2)19-13-12-17-8-6-7-11-20(17)14-19/h3-15,21-22,25-26H,1-2H3,(H,27,28)/b24-16+. The summed E-state index contributed by atoms with van der Waals surface area (Å²) >= 11 is 0. The molecule has 0 spiro atoms. The molecule has 1 heterocycles. The first-order chi connectivity index (χ1) is 13.6. The lowest BCUT2D eigenvalue weighted by atomic mass is 9.91. The van der Waals surface area contributed by atoms with Gasteiger partial charge in [0.05, 0.1) is 11.8 Å². The van der Waals surface area contributed by atoms with E-state index in [1.165, 1.54) is 5.39 Å². The van der Waals surface area contributed by atoms with Gasteiger partial charge in [0.25, 0.3) is 5.91 Å². The Hall–Kier alpha value is -3.02. The van der Waals surface area contributed by atoms with Gasteiger partial charge >= 0.3 is 0 Å². The Kier molecular flexibility index (Phi) is 5.19. The van der Waals surface area contributed by atoms with Gasteiger partial charge in [0, 0.05) is 5.92 Å². The Morgan fingerprint density at radius 1 is 0.929 bits per heavy atom. The van der Waals surface area contributed by atoms with E-state index in [4.69, 9.17) is 0 Å². The number of hydrazine groups is 1. The van der Waals surface area contributed by atoms with Gasteiger partial charge < -0.3 is 0 Å². The monoisotopic (exact) mass is 372 g/mol. The van der Waals surface area contributed by atoms with E-state index in [9.17, 15) is 4.79 Å². The molecule has 3 aromatic rings. The van der Waals surface area contributed by atoms with Crippen molar-refractivity contribution in [3.63, 3.8) is 0 Å². The third-order valence-electron chi connectivity index (χ3n) is 5.39. The summed E-state index contributed by atoms with van der Waals surface area (Å²) in [6, 6.07) is 24.3. The third kappa shape index (κ3) is 3.67. The maximum atomic E-state index is 12.7. The Labute approximate surface area is 164 Å². The van der Waals surface area contributed by atoms with Crippen molar-refractivity contribution < 1.29 is 4.79 Å². The number of hydrazone groups is 1. The molecule has 3 atom stereocenters. The molecule has 3 unspecified atom stereocenters. The number of carbonyl (C=O) groups excluding carboxylic acids is 1. The van der Waals surface area contributed by atoms with Gasteiger partial charge in [-0.3, -0.25) is 4.79 Å². The second-order valence-corrected chi connectivity index (χ2v) is 7.25. The smallest absolute Gasteiger partial charge is 0.258 e. The topological polar surface area (TPSA) is 65.5 Å². The first-order valence-corrected chi connectivity index (χ1v) is 9.53. The van der Waals surface area contributed by atoms with Crippen LogP contribution in [0.3, 0.4) is 0 Å². The number of hydrogen-bond donors (Lipinski definition) is 3. The highest BCUT2D eigenvalue weighted by molar-refractivity contribution is 6.02. The van der Waals surface area contributed by atoms with Crippen LogP contribution in [-0.2, 0) is 4.79 Å². The molecule has 1 amide bonds. The zero-order chi connectivity index (χ0) is 19.5. The molecule has 0 saturated carbocycles. The first kappa shape index (κ1) is 18.3. The molecular formula is C23H24N4O. The van der Waals surface area contributed by atoms with Crippen molar-refractivity contribution >= 4 is 22.4 Å². The zero-order valence-corrected chi connectivity index (χ0v) is 16.0. The molecule has 3 N–H and O–H groups in total. The van der Waals surface area contributed by atoms with Gasteiger partial charge in [0.1, 0.15) is 6.04 Å². The van der Waals surface area contributed by atoms with Crippen molar-refractivity contribution in [3.8, 4) is 0 Å². The van der Waals surface area contributed by atoms with Gasteiger partial charge in [0.2, 0.25) is 0 Å². The van der Waals surface area contributed by atoms with E-state index >= 15 is 0 Å². The molecule has 1 aliphatic heterocycles. The van der Waals surface area contributed by atoms with Crippen LogP contribution in [0.2, 0.25) is 0 Å². The molecule has 1 saturated heterocycles. The molecule has 0 bridgehead atoms. The third-order valence-corrected chi connectivity index (χ3v) is 5.39. The van der Waals surface area contributed by atoms with Crippen molar-refractivity contribution in [2.45, 2.75) is 25.9 Å². The second-order valence-electron chi connectivity index (χ2n) is 7.25. The summed E-state index contributed by atoms with van der Waals surface area (Å²) < 4.78 is 0. The second kappa shape index (κ2) is 7.92. The van der Waals surface area contributed by atoms with E-state index in [0.29, 0.717) is 0 Å². The van der Waals surface area contributed by atoms with Crippen LogP contribution < -0.4 is 16.3 Å². The van der Waals surface area contributed by atoms with Crippen LogP contribution in [0.4, 0.5) is 0 Å². The van der Waals surface area contributed by atoms with E-state index in [-0.39, 0.29) is 23.9 Å². The molecule has 5 heteroatoms. The van der Waals surface area contributed by atoms with E-state index in [0.717, 1.165) is 22.2 Å². The summed E-state index contributed by atoms with van der Waals surface area (Å²) in [6.45, 7) is 3.97. The normalized spacial score (nSPS) is 22.4. The molecule has 28 heavy (non-hydrogen) atoms. The molecule has 0 radical (unpaired) electrons. The summed E-state index contributed by atoms with van der Waals surface area (Å²) in [7, 11) is 0. The SMILES string of the molecule is C/C(=N\NC(=O)C1NNC(c2ccccc2)C1C)c1ccc2ccccc2c1. The number of amides is 1. The van der Waals surface area contributed by atoms with Gasteiger partial charge in [-0.2, -0.15) is 5.10 Å². The highest BCUT2D eigenvalue weighted by atomic mass is 16.2. The number of nitrogens with one attached hydrogen (secondary N) is 3. The average molecular weight is 372 g/mol. The van der Waals surface area contributed by atoms with Crippen LogP contribution in [0, 0.1) is 5.92 Å². The lowest BCUT2D eigenvalue weighted by Crippen LogP contribution is -2.43. The van der Waals surface area contributed by atoms with Gasteiger partial charge in [-0.05, 0) is 34.9 Å². The van der Waals surface area contributed by atoms with Gasteiger partial charge in [0.15, 0.2) is 0 Å². The van der Waals surface area contributed by atoms with Crippen LogP contribution in [0.15, 0.2) is 77.9 Å². The van der Waals surface area contributed by atoms with E-state index < -0.39 is 0 Å². The Morgan fingerprint density at radius 3 is 2.43 bits per heavy atom. The Balaban J connectivity index is 1.44. The van der Waals surface area contributed by atoms with E-state index in [1.807, 2.05) is 43.3 Å². The summed E-state index contributed by atoms with van der Waals surface area (Å²) in [5.41, 5.74) is 12.0. The lowest BCUT2D eigenvalue weighted by molar-refractivity contribution is -0.123. The number of fused-ring (bicyclic) bond motifs is 1. The van der Waals surface area contributed by atoms with Crippen LogP contribution in [-0.4, -0.2) is 17.7 Å². The Bertz CT molecular complexity index is 1020. The maximum absolute atomic E-state index is 12.7. The molecule has 0 aliphatic carbocycles. The molecule has 5 nitrogen and oxygen atoms in total. The van der Waals surface area contributed by atoms with Gasteiger partial charge in [-0.15, -0.1) is 0 Å². The molecule has 3 aromatic carbocycles. The number of carbonyl (C=O) groups is 1. The minimum absolute atomic E-state index is 0.0857. The number of rotatable bonds is 4. The maximum Gasteiger partial charge on any atom is 0.258 e. The molecule has 4 rings (SSSR count). The molecule has 1 aliphatic rings. The minimum atomic E-state index is -0.349. The quantitative estimate of drug-likeness (QED) is 0.485. The van der Waals surface area contributed by atoms with Crippen LogP contribution in [0.1, 0.15) is 31.0 Å². The van der Waals surface area contributed by atoms with Crippen molar-refractivity contribution in [1.29, 1.82) is 0 Å². The first-order valence-electron chi connectivity index (χ1n) is 9.53. The van der Waals surface area contributed by atoms with Crippen molar-refractivity contribution in [3.05, 3.63) is 83.9 Å². The molecular weight excluding hydrogens is 348 g/mol. The number of hydrogen-bond acceptors (Lipinski definition) is 4. The predicted octanol–water partition coefficient (Wildman–Crippen LogP) is 3.53. The van der Waals surface area contributed by atoms with Crippen molar-refractivity contribution in [2.24, 2.45) is 11.0 Å². The fourth-order valence-electron chi connectivity index (χ4n) is 3.67. The number of benzene rings is 3. The molecule has 1 fully saturated rings. The van der Waals surface area contributed by atoms with E-state index in [1.54, 1.807) is 0 Å². The highest BCUT2D eigenvalue weighted by Gasteiger charge is 2.37. The molecule has 0 aromatic heterocycles. The summed E-state index contributed by atoms with van der Waals surface area (Å²) in [4.78, 5) is 12.7. The lowest BCUT2D eigenvalue weighted by Gasteiger charge is -2.17. The average Bonchev–Trinajstić information content (AvgIpc) is 3.13. The summed E-state index contributed by atoms with van der Waals surface area (Å²) in [5.74, 6) is -0.0443. The summed E-state index contributed by atoms with van der Waals surface area (Å²) in [6.07, 6.45) is 0. The van der Waals surface area contributed by atoms with Crippen LogP contribution in [0.5, 0.6) is 0 Å². The highest BCUT2D eigenvalue weighted by Crippen LogP contribution is 2.28. The van der Waals surface area contributed by atoms with Gasteiger partial charge in [-0.25, -0.2) is 16.3 Å². The number of nitrogens with zero attached hydrogens (tertiary/aromatic N) is 1. The van der Waals surface area contributed by atoms with Gasteiger partial charge in [-0.1, -0.05) is 73.7 Å². The van der Waals surface area contributed by atoms with E-state index in [2.05, 4.69) is 64.7 Å². The zero-order valence-electron chi connectivity index (χ0n) is 16.0. The minimum Gasteiger partial charge on any atom is -0.271 e. The van der Waals surface area contributed by atoms with Crippen molar-refractivity contribution in [1.82, 2.24) is 16.3 Å². The fraction of sp³-hybridized carbons (Fsp3) is 0.217.